The third kappa shape index (κ3) is 26.2. The Hall–Kier alpha value is -1.83. The average Bonchev–Trinajstić information content (AvgIpc) is 2.80. The van der Waals surface area contributed by atoms with Gasteiger partial charge in [0, 0.05) is 6.42 Å². The Morgan fingerprint density at radius 1 is 0.562 bits per heavy atom. The van der Waals surface area contributed by atoms with Gasteiger partial charge in [0.1, 0.15) is 0 Å². The Morgan fingerprint density at radius 2 is 1.09 bits per heavy atom. The Bertz CT molecular complexity index is 537. The fourth-order valence-electron chi connectivity index (χ4n) is 3.29. The number of rotatable bonds is 22. The molecule has 0 aliphatic carbocycles. The van der Waals surface area contributed by atoms with Gasteiger partial charge in [-0.25, -0.2) is 0 Å². The number of esters is 1. The molecule has 0 aromatic carbocycles. The lowest BCUT2D eigenvalue weighted by molar-refractivity contribution is -0.138. The van der Waals surface area contributed by atoms with Crippen LogP contribution in [0.3, 0.4) is 0 Å². The molecule has 0 fully saturated rings. The molecule has 0 saturated heterocycles. The maximum absolute atomic E-state index is 11.7. The maximum Gasteiger partial charge on any atom is 0.310 e. The summed E-state index contributed by atoms with van der Waals surface area (Å²) in [5.41, 5.74) is 0. The van der Waals surface area contributed by atoms with Crippen LogP contribution in [-0.4, -0.2) is 5.97 Å². The highest BCUT2D eigenvalue weighted by Gasteiger charge is 2.00. The highest BCUT2D eigenvalue weighted by atomic mass is 16.5. The Balaban J connectivity index is 3.45. The summed E-state index contributed by atoms with van der Waals surface area (Å²) in [6.45, 7) is 4.48. The van der Waals surface area contributed by atoms with Gasteiger partial charge in [-0.3, -0.25) is 4.79 Å². The van der Waals surface area contributed by atoms with Gasteiger partial charge in [0.25, 0.3) is 0 Å². The minimum absolute atomic E-state index is 0.133. The molecule has 0 atom stereocenters. The summed E-state index contributed by atoms with van der Waals surface area (Å²) in [7, 11) is 0. The Morgan fingerprint density at radius 3 is 1.81 bits per heavy atom. The quantitative estimate of drug-likeness (QED) is 0.0548. The van der Waals surface area contributed by atoms with E-state index in [1.54, 1.807) is 6.08 Å². The molecule has 0 radical (unpaired) electrons. The third-order valence-corrected chi connectivity index (χ3v) is 5.30. The maximum atomic E-state index is 11.7. The van der Waals surface area contributed by atoms with Gasteiger partial charge in [-0.15, -0.1) is 0 Å². The van der Waals surface area contributed by atoms with E-state index in [-0.39, 0.29) is 5.97 Å². The van der Waals surface area contributed by atoms with Crippen molar-refractivity contribution in [3.8, 4) is 0 Å². The summed E-state index contributed by atoms with van der Waals surface area (Å²) >= 11 is 0. The van der Waals surface area contributed by atoms with Crippen molar-refractivity contribution in [1.29, 1.82) is 0 Å². The predicted molar refractivity (Wildman–Crippen MR) is 142 cm³/mol. The van der Waals surface area contributed by atoms with E-state index in [1.165, 1.54) is 76.9 Å². The lowest BCUT2D eigenvalue weighted by Crippen LogP contribution is -1.98. The van der Waals surface area contributed by atoms with E-state index in [0.29, 0.717) is 6.42 Å². The van der Waals surface area contributed by atoms with E-state index in [4.69, 9.17) is 4.74 Å². The summed E-state index contributed by atoms with van der Waals surface area (Å²) in [6, 6.07) is 0. The molecule has 0 heterocycles. The molecule has 2 heteroatoms. The van der Waals surface area contributed by atoms with Gasteiger partial charge in [0.2, 0.25) is 0 Å². The largest absolute Gasteiger partial charge is 0.434 e. The second-order valence-corrected chi connectivity index (χ2v) is 8.46. The van der Waals surface area contributed by atoms with Crippen LogP contribution in [0.5, 0.6) is 0 Å². The number of unbranched alkanes of at least 4 members (excludes halogenated alkanes) is 12. The van der Waals surface area contributed by atoms with Gasteiger partial charge in [-0.2, -0.15) is 0 Å². The van der Waals surface area contributed by atoms with E-state index in [2.05, 4.69) is 50.3 Å². The van der Waals surface area contributed by atoms with Gasteiger partial charge >= 0.3 is 5.97 Å². The Kier molecular flexibility index (Phi) is 25.6. The van der Waals surface area contributed by atoms with Crippen molar-refractivity contribution in [2.45, 2.75) is 123 Å². The standard InChI is InChI=1S/C30H50O2/c1-3-5-7-9-11-13-15-16-17-18-19-20-22-24-26-28-30(31)32-29-27-25-23-21-14-12-10-8-6-4-2/h11,13-14,16-17,21,23,25,27,29H,3-10,12,15,18-20,22,24,26,28H2,1-2H3/b13-11-,17-16-,21-14?,25-23?,29-27?. The summed E-state index contributed by atoms with van der Waals surface area (Å²) in [5, 5.41) is 0. The van der Waals surface area contributed by atoms with Gasteiger partial charge < -0.3 is 4.74 Å². The molecule has 0 unspecified atom stereocenters. The topological polar surface area (TPSA) is 26.3 Å². The second-order valence-electron chi connectivity index (χ2n) is 8.46. The highest BCUT2D eigenvalue weighted by Crippen LogP contribution is 2.09. The van der Waals surface area contributed by atoms with Crippen LogP contribution in [0.1, 0.15) is 123 Å². The molecule has 182 valence electrons. The third-order valence-electron chi connectivity index (χ3n) is 5.30. The lowest BCUT2D eigenvalue weighted by atomic mass is 10.1. The molecule has 0 amide bonds. The van der Waals surface area contributed by atoms with E-state index in [1.807, 2.05) is 12.2 Å². The van der Waals surface area contributed by atoms with E-state index in [0.717, 1.165) is 32.1 Å². The molecular weight excluding hydrogens is 392 g/mol. The van der Waals surface area contributed by atoms with Crippen LogP contribution in [0.4, 0.5) is 0 Å². The van der Waals surface area contributed by atoms with E-state index in [9.17, 15) is 4.79 Å². The number of allylic oxidation sites excluding steroid dienone is 9. The van der Waals surface area contributed by atoms with Crippen molar-refractivity contribution < 1.29 is 9.53 Å². The number of hydrogen-bond acceptors (Lipinski definition) is 2. The molecule has 32 heavy (non-hydrogen) atoms. The van der Waals surface area contributed by atoms with E-state index >= 15 is 0 Å². The van der Waals surface area contributed by atoms with Crippen LogP contribution in [0, 0.1) is 0 Å². The highest BCUT2D eigenvalue weighted by molar-refractivity contribution is 5.69. The molecule has 0 aliphatic rings. The van der Waals surface area contributed by atoms with Crippen LogP contribution in [0.15, 0.2) is 60.9 Å². The van der Waals surface area contributed by atoms with Crippen molar-refractivity contribution in [3.63, 3.8) is 0 Å². The van der Waals surface area contributed by atoms with Gasteiger partial charge in [0.15, 0.2) is 0 Å². The molecule has 0 saturated carbocycles. The number of hydrogen-bond donors (Lipinski definition) is 0. The van der Waals surface area contributed by atoms with Crippen LogP contribution in [0.2, 0.25) is 0 Å². The molecule has 0 N–H and O–H groups in total. The van der Waals surface area contributed by atoms with Crippen molar-refractivity contribution in [3.05, 3.63) is 60.9 Å². The van der Waals surface area contributed by atoms with Crippen molar-refractivity contribution in [2.24, 2.45) is 0 Å². The smallest absolute Gasteiger partial charge is 0.310 e. The van der Waals surface area contributed by atoms with Crippen molar-refractivity contribution in [1.82, 2.24) is 0 Å². The molecule has 0 spiro atoms. The molecular formula is C30H50O2. The summed E-state index contributed by atoms with van der Waals surface area (Å²) in [6.07, 6.45) is 40.5. The first kappa shape index (κ1) is 30.2. The first-order valence-corrected chi connectivity index (χ1v) is 13.3. The predicted octanol–water partition coefficient (Wildman–Crippen LogP) is 9.94. The zero-order valence-corrected chi connectivity index (χ0v) is 21.1. The fraction of sp³-hybridized carbons (Fsp3) is 0.633. The zero-order valence-electron chi connectivity index (χ0n) is 21.1. The van der Waals surface area contributed by atoms with Crippen LogP contribution >= 0.6 is 0 Å². The first-order valence-electron chi connectivity index (χ1n) is 13.3. The fourth-order valence-corrected chi connectivity index (χ4v) is 3.29. The minimum Gasteiger partial charge on any atom is -0.434 e. The van der Waals surface area contributed by atoms with Gasteiger partial charge in [-0.05, 0) is 57.4 Å². The SMILES string of the molecule is CCCCC/C=C\C/C=C\CCCCCCCC(=O)OC=CC=CC=CCCCCCC. The van der Waals surface area contributed by atoms with Gasteiger partial charge in [0.05, 0.1) is 6.26 Å². The first-order chi connectivity index (χ1) is 15.8. The van der Waals surface area contributed by atoms with Gasteiger partial charge in [-0.1, -0.05) is 114 Å². The van der Waals surface area contributed by atoms with Crippen molar-refractivity contribution in [2.75, 3.05) is 0 Å². The molecule has 2 nitrogen and oxygen atoms in total. The number of ether oxygens (including phenoxy) is 1. The minimum atomic E-state index is -0.133. The van der Waals surface area contributed by atoms with Crippen LogP contribution < -0.4 is 0 Å². The summed E-state index contributed by atoms with van der Waals surface area (Å²) < 4.78 is 5.12. The van der Waals surface area contributed by atoms with Crippen molar-refractivity contribution >= 4 is 5.97 Å². The Labute approximate surface area is 199 Å². The monoisotopic (exact) mass is 442 g/mol. The summed E-state index contributed by atoms with van der Waals surface area (Å²) in [4.78, 5) is 11.7. The number of carbonyl (C=O) groups excluding carboxylic acids is 1. The van der Waals surface area contributed by atoms with Crippen LogP contribution in [0.25, 0.3) is 0 Å². The average molecular weight is 443 g/mol. The normalized spacial score (nSPS) is 12.4. The molecule has 0 bridgehead atoms. The number of carbonyl (C=O) groups is 1. The second kappa shape index (κ2) is 27.2. The molecule has 0 aromatic heterocycles. The molecule has 0 rings (SSSR count). The van der Waals surface area contributed by atoms with Crippen LogP contribution in [-0.2, 0) is 9.53 Å². The molecule has 0 aliphatic heterocycles. The van der Waals surface area contributed by atoms with E-state index < -0.39 is 0 Å². The zero-order chi connectivity index (χ0) is 23.4. The summed E-state index contributed by atoms with van der Waals surface area (Å²) in [5.74, 6) is -0.133. The molecule has 0 aromatic rings. The lowest BCUT2D eigenvalue weighted by Gasteiger charge is -2.00.